The van der Waals surface area contributed by atoms with Crippen LogP contribution in [0.3, 0.4) is 0 Å². The topological polar surface area (TPSA) is 17.1 Å². The normalized spacial score (nSPS) is 52.2. The predicted molar refractivity (Wildman–Crippen MR) is 42.0 cm³/mol. The zero-order chi connectivity index (χ0) is 7.42. The lowest BCUT2D eigenvalue weighted by Crippen LogP contribution is -2.22. The Balaban J connectivity index is 2.02. The van der Waals surface area contributed by atoms with Gasteiger partial charge < -0.3 is 0 Å². The van der Waals surface area contributed by atoms with Gasteiger partial charge in [0.1, 0.15) is 0 Å². The standard InChI is InChI=1S/C10H12O/c11-9-4-3-8-6-1-2-7(5-6)10(8)9/h3-4,6-8,10H,1-2,5H2/t6-,7+,8?,10?/m1/s1. The minimum atomic E-state index is 0.419. The van der Waals surface area contributed by atoms with Crippen molar-refractivity contribution < 1.29 is 4.79 Å². The van der Waals surface area contributed by atoms with Crippen LogP contribution in [0.4, 0.5) is 0 Å². The Morgan fingerprint density at radius 2 is 2.09 bits per heavy atom. The largest absolute Gasteiger partial charge is 0.295 e. The molecule has 3 aliphatic rings. The van der Waals surface area contributed by atoms with Crippen LogP contribution in [0.25, 0.3) is 0 Å². The molecule has 3 aliphatic carbocycles. The average molecular weight is 148 g/mol. The van der Waals surface area contributed by atoms with Crippen molar-refractivity contribution in [2.75, 3.05) is 0 Å². The molecule has 0 radical (unpaired) electrons. The van der Waals surface area contributed by atoms with E-state index in [1.165, 1.54) is 19.3 Å². The highest BCUT2D eigenvalue weighted by atomic mass is 16.1. The van der Waals surface area contributed by atoms with Gasteiger partial charge in [0.15, 0.2) is 5.78 Å². The monoisotopic (exact) mass is 148 g/mol. The Labute approximate surface area is 66.5 Å². The zero-order valence-electron chi connectivity index (χ0n) is 6.49. The molecule has 2 unspecified atom stereocenters. The molecule has 0 aliphatic heterocycles. The molecule has 0 aromatic heterocycles. The highest BCUT2D eigenvalue weighted by Crippen LogP contribution is 2.55. The molecule has 0 N–H and O–H groups in total. The summed E-state index contributed by atoms with van der Waals surface area (Å²) in [6.07, 6.45) is 8.02. The number of hydrogen-bond donors (Lipinski definition) is 0. The molecule has 2 saturated carbocycles. The Hall–Kier alpha value is -0.590. The highest BCUT2D eigenvalue weighted by Gasteiger charge is 2.50. The second-order valence-corrected chi connectivity index (χ2v) is 4.20. The highest BCUT2D eigenvalue weighted by molar-refractivity contribution is 5.95. The molecule has 58 valence electrons. The van der Waals surface area contributed by atoms with Crippen molar-refractivity contribution >= 4 is 5.78 Å². The lowest BCUT2D eigenvalue weighted by atomic mass is 9.81. The van der Waals surface area contributed by atoms with Crippen LogP contribution in [-0.2, 0) is 4.79 Å². The molecular formula is C10H12O. The third-order valence-electron chi connectivity index (χ3n) is 3.79. The molecule has 2 bridgehead atoms. The van der Waals surface area contributed by atoms with Gasteiger partial charge in [-0.3, -0.25) is 4.79 Å². The van der Waals surface area contributed by atoms with Crippen LogP contribution >= 0.6 is 0 Å². The van der Waals surface area contributed by atoms with E-state index in [-0.39, 0.29) is 0 Å². The van der Waals surface area contributed by atoms with Gasteiger partial charge in [-0.1, -0.05) is 6.08 Å². The van der Waals surface area contributed by atoms with E-state index in [0.29, 0.717) is 17.6 Å². The molecule has 0 aromatic carbocycles. The summed E-state index contributed by atoms with van der Waals surface area (Å²) in [5, 5.41) is 0. The quantitative estimate of drug-likeness (QED) is 0.512. The van der Waals surface area contributed by atoms with E-state index in [1.807, 2.05) is 6.08 Å². The van der Waals surface area contributed by atoms with Crippen LogP contribution in [0, 0.1) is 23.7 Å². The van der Waals surface area contributed by atoms with Gasteiger partial charge in [-0.05, 0) is 43.1 Å². The summed E-state index contributed by atoms with van der Waals surface area (Å²) >= 11 is 0. The van der Waals surface area contributed by atoms with Gasteiger partial charge in [0, 0.05) is 5.92 Å². The molecule has 0 aromatic rings. The fourth-order valence-corrected chi connectivity index (χ4v) is 3.35. The fraction of sp³-hybridized carbons (Fsp3) is 0.700. The molecule has 11 heavy (non-hydrogen) atoms. The molecule has 1 heteroatoms. The van der Waals surface area contributed by atoms with Crippen molar-refractivity contribution in [3.05, 3.63) is 12.2 Å². The second kappa shape index (κ2) is 1.77. The molecule has 2 fully saturated rings. The Kier molecular flexibility index (Phi) is 0.961. The molecular weight excluding hydrogens is 136 g/mol. The third kappa shape index (κ3) is 0.597. The van der Waals surface area contributed by atoms with Crippen LogP contribution in [0.5, 0.6) is 0 Å². The number of carbonyl (C=O) groups is 1. The maximum absolute atomic E-state index is 11.4. The first-order valence-electron chi connectivity index (χ1n) is 4.58. The summed E-state index contributed by atoms with van der Waals surface area (Å²) < 4.78 is 0. The molecule has 0 heterocycles. The van der Waals surface area contributed by atoms with Crippen molar-refractivity contribution in [2.24, 2.45) is 23.7 Å². The number of fused-ring (bicyclic) bond motifs is 5. The van der Waals surface area contributed by atoms with E-state index in [4.69, 9.17) is 0 Å². The number of hydrogen-bond acceptors (Lipinski definition) is 1. The van der Waals surface area contributed by atoms with E-state index < -0.39 is 0 Å². The van der Waals surface area contributed by atoms with Gasteiger partial charge in [-0.2, -0.15) is 0 Å². The molecule has 1 nitrogen and oxygen atoms in total. The first-order valence-corrected chi connectivity index (χ1v) is 4.58. The van der Waals surface area contributed by atoms with Crippen LogP contribution in [-0.4, -0.2) is 5.78 Å². The molecule has 3 rings (SSSR count). The zero-order valence-corrected chi connectivity index (χ0v) is 6.49. The number of carbonyl (C=O) groups excluding carboxylic acids is 1. The number of rotatable bonds is 0. The summed E-state index contributed by atoms with van der Waals surface area (Å²) in [7, 11) is 0. The van der Waals surface area contributed by atoms with E-state index in [9.17, 15) is 4.79 Å². The predicted octanol–water partition coefficient (Wildman–Crippen LogP) is 1.79. The number of allylic oxidation sites excluding steroid dienone is 2. The van der Waals surface area contributed by atoms with Gasteiger partial charge in [0.2, 0.25) is 0 Å². The summed E-state index contributed by atoms with van der Waals surface area (Å²) in [5.74, 6) is 3.12. The minimum Gasteiger partial charge on any atom is -0.295 e. The van der Waals surface area contributed by atoms with Gasteiger partial charge in [-0.15, -0.1) is 0 Å². The van der Waals surface area contributed by atoms with Gasteiger partial charge >= 0.3 is 0 Å². The van der Waals surface area contributed by atoms with Crippen LogP contribution < -0.4 is 0 Å². The fourth-order valence-electron chi connectivity index (χ4n) is 3.35. The number of ketones is 1. The summed E-state index contributed by atoms with van der Waals surface area (Å²) in [6, 6.07) is 0. The molecule has 0 saturated heterocycles. The van der Waals surface area contributed by atoms with Gasteiger partial charge in [0.05, 0.1) is 0 Å². The summed E-state index contributed by atoms with van der Waals surface area (Å²) in [4.78, 5) is 11.4. The SMILES string of the molecule is O=C1C=CC2C1[C@H]1CC[C@@H]2C1. The van der Waals surface area contributed by atoms with Crippen molar-refractivity contribution in [1.82, 2.24) is 0 Å². The minimum absolute atomic E-state index is 0.419. The van der Waals surface area contributed by atoms with E-state index in [1.54, 1.807) is 0 Å². The van der Waals surface area contributed by atoms with E-state index in [2.05, 4.69) is 6.08 Å². The molecule has 4 atom stereocenters. The van der Waals surface area contributed by atoms with E-state index >= 15 is 0 Å². The van der Waals surface area contributed by atoms with Gasteiger partial charge in [0.25, 0.3) is 0 Å². The van der Waals surface area contributed by atoms with Crippen LogP contribution in [0.2, 0.25) is 0 Å². The molecule has 0 amide bonds. The first kappa shape index (κ1) is 5.99. The van der Waals surface area contributed by atoms with Crippen LogP contribution in [0.15, 0.2) is 12.2 Å². The van der Waals surface area contributed by atoms with Crippen molar-refractivity contribution in [3.8, 4) is 0 Å². The third-order valence-corrected chi connectivity index (χ3v) is 3.79. The summed E-state index contributed by atoms with van der Waals surface area (Å²) in [5.41, 5.74) is 0. The Bertz CT molecular complexity index is 241. The average Bonchev–Trinajstić information content (AvgIpc) is 2.60. The lowest BCUT2D eigenvalue weighted by molar-refractivity contribution is -0.119. The first-order chi connectivity index (χ1) is 5.36. The lowest BCUT2D eigenvalue weighted by Gasteiger charge is -2.22. The van der Waals surface area contributed by atoms with Crippen molar-refractivity contribution in [3.63, 3.8) is 0 Å². The van der Waals surface area contributed by atoms with E-state index in [0.717, 1.165) is 11.8 Å². The second-order valence-electron chi connectivity index (χ2n) is 4.20. The maximum Gasteiger partial charge on any atom is 0.159 e. The molecule has 0 spiro atoms. The van der Waals surface area contributed by atoms with Crippen LogP contribution in [0.1, 0.15) is 19.3 Å². The smallest absolute Gasteiger partial charge is 0.159 e. The van der Waals surface area contributed by atoms with Crippen molar-refractivity contribution in [2.45, 2.75) is 19.3 Å². The Morgan fingerprint density at radius 3 is 2.91 bits per heavy atom. The van der Waals surface area contributed by atoms with Crippen molar-refractivity contribution in [1.29, 1.82) is 0 Å². The Morgan fingerprint density at radius 1 is 1.27 bits per heavy atom. The summed E-state index contributed by atoms with van der Waals surface area (Å²) in [6.45, 7) is 0. The maximum atomic E-state index is 11.4. The van der Waals surface area contributed by atoms with Gasteiger partial charge in [-0.25, -0.2) is 0 Å².